The third-order valence-corrected chi connectivity index (χ3v) is 6.47. The quantitative estimate of drug-likeness (QED) is 0.341. The van der Waals surface area contributed by atoms with Crippen molar-refractivity contribution in [3.8, 4) is 10.6 Å². The van der Waals surface area contributed by atoms with Crippen molar-refractivity contribution >= 4 is 28.3 Å². The van der Waals surface area contributed by atoms with Crippen LogP contribution in [0.5, 0.6) is 0 Å². The Morgan fingerprint density at radius 1 is 0.946 bits per heavy atom. The van der Waals surface area contributed by atoms with Gasteiger partial charge in [0.05, 0.1) is 11.1 Å². The summed E-state index contributed by atoms with van der Waals surface area (Å²) in [6.07, 6.45) is -9.85. The Hall–Kier alpha value is -3.48. The Bertz CT molecular complexity index is 1240. The lowest BCUT2D eigenvalue weighted by molar-refractivity contribution is -0.143. The molecular weight excluding hydrogens is 522 g/mol. The van der Waals surface area contributed by atoms with Crippen molar-refractivity contribution in [3.63, 3.8) is 0 Å². The van der Waals surface area contributed by atoms with Crippen LogP contribution < -0.4 is 10.6 Å². The molecule has 1 aromatic heterocycles. The number of halogens is 6. The summed E-state index contributed by atoms with van der Waals surface area (Å²) in [6, 6.07) is 6.69. The first-order valence-corrected chi connectivity index (χ1v) is 11.8. The second kappa shape index (κ2) is 10.9. The predicted octanol–water partition coefficient (Wildman–Crippen LogP) is 6.33. The van der Waals surface area contributed by atoms with Crippen LogP contribution in [0.3, 0.4) is 0 Å². The number of carbonyl (C=O) groups excluding carboxylic acids is 2. The van der Waals surface area contributed by atoms with Gasteiger partial charge in [0.25, 0.3) is 5.91 Å². The molecular formula is C24H22F6N4O2S. The fraction of sp³-hybridized carbons (Fsp3) is 0.333. The number of nitrogens with zero attached hydrogens (tertiary/aromatic N) is 2. The highest BCUT2D eigenvalue weighted by Gasteiger charge is 2.38. The van der Waals surface area contributed by atoms with Crippen LogP contribution in [0.15, 0.2) is 42.5 Å². The molecule has 0 aliphatic rings. The summed E-state index contributed by atoms with van der Waals surface area (Å²) in [5.74, 6) is -2.51. The maximum absolute atomic E-state index is 13.2. The largest absolute Gasteiger partial charge is 0.416 e. The van der Waals surface area contributed by atoms with Crippen LogP contribution in [0.1, 0.15) is 47.3 Å². The number of carbonyl (C=O) groups is 2. The molecule has 2 aromatic carbocycles. The minimum atomic E-state index is -5.11. The van der Waals surface area contributed by atoms with Gasteiger partial charge in [0, 0.05) is 11.1 Å². The molecule has 198 valence electrons. The van der Waals surface area contributed by atoms with Crippen LogP contribution in [0, 0.1) is 12.8 Å². The van der Waals surface area contributed by atoms with Crippen LogP contribution in [0.4, 0.5) is 31.5 Å². The summed E-state index contributed by atoms with van der Waals surface area (Å²) < 4.78 is 79.1. The van der Waals surface area contributed by atoms with E-state index in [9.17, 15) is 35.9 Å². The Labute approximate surface area is 212 Å². The first-order chi connectivity index (χ1) is 17.2. The molecule has 2 atom stereocenters. The molecule has 0 saturated heterocycles. The first kappa shape index (κ1) is 28.1. The van der Waals surface area contributed by atoms with Crippen molar-refractivity contribution in [1.29, 1.82) is 0 Å². The molecule has 0 aliphatic carbocycles. The van der Waals surface area contributed by atoms with Crippen LogP contribution in [-0.4, -0.2) is 28.1 Å². The van der Waals surface area contributed by atoms with E-state index in [-0.39, 0.29) is 11.2 Å². The van der Waals surface area contributed by atoms with E-state index in [2.05, 4.69) is 20.8 Å². The van der Waals surface area contributed by atoms with Crippen LogP contribution in [-0.2, 0) is 17.1 Å². The molecule has 0 saturated carbocycles. The van der Waals surface area contributed by atoms with Crippen molar-refractivity contribution in [2.24, 2.45) is 5.92 Å². The van der Waals surface area contributed by atoms with E-state index in [1.165, 1.54) is 0 Å². The van der Waals surface area contributed by atoms with Gasteiger partial charge >= 0.3 is 12.4 Å². The smallest absolute Gasteiger partial charge is 0.340 e. The van der Waals surface area contributed by atoms with Crippen molar-refractivity contribution in [2.75, 3.05) is 5.32 Å². The van der Waals surface area contributed by atoms with Crippen LogP contribution >= 0.6 is 11.3 Å². The fourth-order valence-electron chi connectivity index (χ4n) is 3.28. The highest BCUT2D eigenvalue weighted by molar-refractivity contribution is 7.18. The van der Waals surface area contributed by atoms with Crippen molar-refractivity contribution in [1.82, 2.24) is 15.5 Å². The van der Waals surface area contributed by atoms with Gasteiger partial charge in [-0.1, -0.05) is 61.4 Å². The molecule has 6 nitrogen and oxygen atoms in total. The first-order valence-electron chi connectivity index (χ1n) is 11.0. The number of nitrogens with one attached hydrogen (secondary N) is 2. The van der Waals surface area contributed by atoms with E-state index in [0.717, 1.165) is 22.5 Å². The summed E-state index contributed by atoms with van der Waals surface area (Å²) >= 11 is 1.06. The predicted molar refractivity (Wildman–Crippen MR) is 126 cm³/mol. The maximum atomic E-state index is 13.2. The molecule has 0 fully saturated rings. The van der Waals surface area contributed by atoms with Gasteiger partial charge in [0.1, 0.15) is 11.0 Å². The van der Waals surface area contributed by atoms with Gasteiger partial charge in [0.15, 0.2) is 0 Å². The summed E-state index contributed by atoms with van der Waals surface area (Å²) in [5.41, 5.74) is -2.33. The highest BCUT2D eigenvalue weighted by atomic mass is 32.1. The molecule has 2 N–H and O–H groups in total. The summed E-state index contributed by atoms with van der Waals surface area (Å²) in [6.45, 7) is 5.24. The molecule has 2 amide bonds. The Morgan fingerprint density at radius 2 is 1.51 bits per heavy atom. The zero-order valence-electron chi connectivity index (χ0n) is 19.8. The van der Waals surface area contributed by atoms with E-state index in [4.69, 9.17) is 0 Å². The monoisotopic (exact) mass is 544 g/mol. The second-order valence-corrected chi connectivity index (χ2v) is 9.38. The Balaban J connectivity index is 1.84. The molecule has 0 spiro atoms. The van der Waals surface area contributed by atoms with Crippen LogP contribution in [0.25, 0.3) is 10.6 Å². The summed E-state index contributed by atoms with van der Waals surface area (Å²) in [7, 11) is 0. The molecule has 3 rings (SSSR count). The number of alkyl halides is 6. The Morgan fingerprint density at radius 3 is 2.03 bits per heavy atom. The number of benzene rings is 2. The topological polar surface area (TPSA) is 84.0 Å². The van der Waals surface area contributed by atoms with Crippen molar-refractivity contribution in [2.45, 2.75) is 45.6 Å². The lowest BCUT2D eigenvalue weighted by Crippen LogP contribution is -2.47. The maximum Gasteiger partial charge on any atom is 0.416 e. The number of rotatable bonds is 7. The van der Waals surface area contributed by atoms with Gasteiger partial charge in [-0.3, -0.25) is 14.9 Å². The molecule has 37 heavy (non-hydrogen) atoms. The van der Waals surface area contributed by atoms with Gasteiger partial charge in [-0.25, -0.2) is 0 Å². The van der Waals surface area contributed by atoms with Gasteiger partial charge in [-0.15, -0.1) is 10.2 Å². The number of hydrogen-bond acceptors (Lipinski definition) is 5. The highest BCUT2D eigenvalue weighted by Crippen LogP contribution is 2.36. The van der Waals surface area contributed by atoms with E-state index in [1.807, 2.05) is 31.2 Å². The fourth-order valence-corrected chi connectivity index (χ4v) is 4.03. The standard InChI is InChI=1S/C24H22F6N4O2S/c1-4-13(3)18(20(36)32-22-34-33-21(37-22)14-7-5-12(2)6-8-14)31-19(35)15-9-16(23(25,26)27)11-17(10-15)24(28,29)30/h5-11,13,18H,4H2,1-3H3,(H,31,35)(H,32,34,36). The molecule has 13 heteroatoms. The lowest BCUT2D eigenvalue weighted by atomic mass is 9.97. The van der Waals surface area contributed by atoms with Gasteiger partial charge in [-0.05, 0) is 31.0 Å². The van der Waals surface area contributed by atoms with E-state index >= 15 is 0 Å². The van der Waals surface area contributed by atoms with E-state index in [1.54, 1.807) is 13.8 Å². The lowest BCUT2D eigenvalue weighted by Gasteiger charge is -2.23. The van der Waals surface area contributed by atoms with E-state index in [0.29, 0.717) is 23.6 Å². The number of aromatic nitrogens is 2. The average molecular weight is 545 g/mol. The van der Waals surface area contributed by atoms with Gasteiger partial charge in [0.2, 0.25) is 11.0 Å². The summed E-state index contributed by atoms with van der Waals surface area (Å²) in [5, 5.41) is 13.4. The zero-order chi connectivity index (χ0) is 27.5. The third kappa shape index (κ3) is 7.06. The van der Waals surface area contributed by atoms with Crippen molar-refractivity contribution in [3.05, 3.63) is 64.7 Å². The molecule has 3 aromatic rings. The van der Waals surface area contributed by atoms with Crippen LogP contribution in [0.2, 0.25) is 0 Å². The minimum absolute atomic E-state index is 0.0727. The SMILES string of the molecule is CCC(C)C(NC(=O)c1cc(C(F)(F)F)cc(C(F)(F)F)c1)C(=O)Nc1nnc(-c2ccc(C)cc2)s1. The number of anilines is 1. The molecule has 2 unspecified atom stereocenters. The molecule has 0 radical (unpaired) electrons. The summed E-state index contributed by atoms with van der Waals surface area (Å²) in [4.78, 5) is 25.7. The average Bonchev–Trinajstić information content (AvgIpc) is 3.29. The zero-order valence-corrected chi connectivity index (χ0v) is 20.6. The molecule has 1 heterocycles. The third-order valence-electron chi connectivity index (χ3n) is 5.59. The molecule has 0 bridgehead atoms. The normalized spacial score (nSPS) is 13.6. The number of amides is 2. The van der Waals surface area contributed by atoms with E-state index < -0.39 is 52.8 Å². The van der Waals surface area contributed by atoms with Crippen molar-refractivity contribution < 1.29 is 35.9 Å². The van der Waals surface area contributed by atoms with Gasteiger partial charge in [-0.2, -0.15) is 26.3 Å². The number of hydrogen-bond donors (Lipinski definition) is 2. The Kier molecular flexibility index (Phi) is 8.25. The minimum Gasteiger partial charge on any atom is -0.340 e. The van der Waals surface area contributed by atoms with Gasteiger partial charge < -0.3 is 5.32 Å². The number of aryl methyl sites for hydroxylation is 1. The molecule has 0 aliphatic heterocycles. The second-order valence-electron chi connectivity index (χ2n) is 8.40.